The van der Waals surface area contributed by atoms with Gasteiger partial charge >= 0.3 is 0 Å². The highest BCUT2D eigenvalue weighted by Crippen LogP contribution is 2.24. The summed E-state index contributed by atoms with van der Waals surface area (Å²) in [6.45, 7) is 0. The van der Waals surface area contributed by atoms with Gasteiger partial charge in [-0.15, -0.1) is 11.8 Å². The molecule has 1 nitrogen and oxygen atoms in total. The molecule has 0 unspecified atom stereocenters. The first kappa shape index (κ1) is 12.9. The minimum absolute atomic E-state index is 0.170. The van der Waals surface area contributed by atoms with Gasteiger partial charge in [0.05, 0.1) is 5.75 Å². The second-order valence-corrected chi connectivity index (χ2v) is 5.64. The third kappa shape index (κ3) is 2.91. The molecular formula is C18H14OS. The Labute approximate surface area is 122 Å². The molecule has 0 saturated carbocycles. The maximum Gasteiger partial charge on any atom is 0.173 e. The predicted molar refractivity (Wildman–Crippen MR) is 85.4 cm³/mol. The number of ketones is 1. The molecule has 0 saturated heterocycles. The second-order valence-electron chi connectivity index (χ2n) is 4.59. The number of fused-ring (bicyclic) bond motifs is 1. The van der Waals surface area contributed by atoms with Crippen LogP contribution in [0.4, 0.5) is 0 Å². The Bertz CT molecular complexity index is 735. The molecule has 2 heteroatoms. The van der Waals surface area contributed by atoms with Gasteiger partial charge in [-0.2, -0.15) is 0 Å². The fourth-order valence-corrected chi connectivity index (χ4v) is 2.95. The van der Waals surface area contributed by atoms with Crippen LogP contribution in [0.5, 0.6) is 0 Å². The van der Waals surface area contributed by atoms with Gasteiger partial charge in [-0.1, -0.05) is 60.7 Å². The summed E-state index contributed by atoms with van der Waals surface area (Å²) in [5.74, 6) is 0.645. The molecule has 3 rings (SSSR count). The molecule has 0 aliphatic carbocycles. The summed E-state index contributed by atoms with van der Waals surface area (Å²) in [6, 6.07) is 24.0. The van der Waals surface area contributed by atoms with Gasteiger partial charge in [0.2, 0.25) is 0 Å². The van der Waals surface area contributed by atoms with Gasteiger partial charge in [-0.3, -0.25) is 4.79 Å². The molecule has 3 aromatic carbocycles. The molecule has 20 heavy (non-hydrogen) atoms. The Morgan fingerprint density at radius 3 is 2.30 bits per heavy atom. The first-order valence-electron chi connectivity index (χ1n) is 6.53. The van der Waals surface area contributed by atoms with Crippen molar-refractivity contribution in [2.24, 2.45) is 0 Å². The van der Waals surface area contributed by atoms with Crippen LogP contribution in [0.2, 0.25) is 0 Å². The minimum Gasteiger partial charge on any atom is -0.293 e. The first-order chi connectivity index (χ1) is 9.83. The molecule has 0 spiro atoms. The van der Waals surface area contributed by atoms with Crippen molar-refractivity contribution in [2.75, 3.05) is 5.75 Å². The van der Waals surface area contributed by atoms with Crippen LogP contribution in [0.1, 0.15) is 10.4 Å². The second kappa shape index (κ2) is 5.93. The molecule has 0 radical (unpaired) electrons. The third-order valence-corrected chi connectivity index (χ3v) is 4.18. The average Bonchev–Trinajstić information content (AvgIpc) is 2.53. The largest absolute Gasteiger partial charge is 0.293 e. The van der Waals surface area contributed by atoms with E-state index in [1.807, 2.05) is 42.5 Å². The van der Waals surface area contributed by atoms with E-state index < -0.39 is 0 Å². The van der Waals surface area contributed by atoms with E-state index in [0.29, 0.717) is 5.75 Å². The van der Waals surface area contributed by atoms with E-state index in [1.54, 1.807) is 11.8 Å². The maximum atomic E-state index is 12.1. The van der Waals surface area contributed by atoms with Crippen molar-refractivity contribution in [3.8, 4) is 0 Å². The highest BCUT2D eigenvalue weighted by molar-refractivity contribution is 8.00. The van der Waals surface area contributed by atoms with Crippen LogP contribution in [-0.4, -0.2) is 11.5 Å². The number of rotatable bonds is 4. The zero-order valence-corrected chi connectivity index (χ0v) is 11.8. The van der Waals surface area contributed by atoms with Crippen molar-refractivity contribution < 1.29 is 4.79 Å². The Hall–Kier alpha value is -2.06. The van der Waals surface area contributed by atoms with Gasteiger partial charge in [-0.05, 0) is 22.9 Å². The molecule has 0 amide bonds. The number of hydrogen-bond donors (Lipinski definition) is 0. The van der Waals surface area contributed by atoms with Gasteiger partial charge in [0.1, 0.15) is 0 Å². The Kier molecular flexibility index (Phi) is 3.84. The predicted octanol–water partition coefficient (Wildman–Crippen LogP) is 4.81. The van der Waals surface area contributed by atoms with Crippen molar-refractivity contribution in [1.82, 2.24) is 0 Å². The van der Waals surface area contributed by atoms with E-state index in [1.165, 1.54) is 10.8 Å². The summed E-state index contributed by atoms with van der Waals surface area (Å²) < 4.78 is 0. The molecular weight excluding hydrogens is 264 g/mol. The zero-order valence-electron chi connectivity index (χ0n) is 11.0. The van der Waals surface area contributed by atoms with Crippen molar-refractivity contribution in [2.45, 2.75) is 4.90 Å². The van der Waals surface area contributed by atoms with Crippen LogP contribution >= 0.6 is 11.8 Å². The van der Waals surface area contributed by atoms with Crippen LogP contribution in [0.25, 0.3) is 10.8 Å². The lowest BCUT2D eigenvalue weighted by Gasteiger charge is -2.04. The summed E-state index contributed by atoms with van der Waals surface area (Å²) in [5, 5.41) is 2.44. The highest BCUT2D eigenvalue weighted by atomic mass is 32.2. The van der Waals surface area contributed by atoms with Crippen LogP contribution in [0.15, 0.2) is 77.7 Å². The number of carbonyl (C=O) groups excluding carboxylic acids is 1. The fourth-order valence-electron chi connectivity index (χ4n) is 2.11. The van der Waals surface area contributed by atoms with Gasteiger partial charge in [0, 0.05) is 10.5 Å². The Balaban J connectivity index is 1.72. The molecule has 0 aromatic heterocycles. The number of Topliss-reactive ketones (excluding diaryl/α,β-unsaturated/α-hetero) is 1. The summed E-state index contributed by atoms with van der Waals surface area (Å²) >= 11 is 1.59. The van der Waals surface area contributed by atoms with Gasteiger partial charge in [0.25, 0.3) is 0 Å². The Morgan fingerprint density at radius 1 is 0.800 bits per heavy atom. The minimum atomic E-state index is 0.170. The summed E-state index contributed by atoms with van der Waals surface area (Å²) in [6.07, 6.45) is 0. The number of benzene rings is 3. The van der Waals surface area contributed by atoms with Crippen molar-refractivity contribution in [1.29, 1.82) is 0 Å². The molecule has 0 heterocycles. The van der Waals surface area contributed by atoms with Crippen molar-refractivity contribution in [3.63, 3.8) is 0 Å². The smallest absolute Gasteiger partial charge is 0.173 e. The SMILES string of the molecule is O=C(CSc1ccc2ccccc2c1)c1ccccc1. The highest BCUT2D eigenvalue weighted by Gasteiger charge is 2.06. The maximum absolute atomic E-state index is 12.1. The van der Waals surface area contributed by atoms with Crippen molar-refractivity contribution >= 4 is 28.3 Å². The normalized spacial score (nSPS) is 10.6. The molecule has 0 aliphatic heterocycles. The summed E-state index contributed by atoms with van der Waals surface area (Å²) in [5.41, 5.74) is 0.779. The van der Waals surface area contributed by atoms with Crippen LogP contribution in [-0.2, 0) is 0 Å². The van der Waals surface area contributed by atoms with Crippen LogP contribution in [0, 0.1) is 0 Å². The number of carbonyl (C=O) groups is 1. The number of thioether (sulfide) groups is 1. The van der Waals surface area contributed by atoms with Crippen LogP contribution in [0.3, 0.4) is 0 Å². The molecule has 0 aliphatic rings. The standard InChI is InChI=1S/C18H14OS/c19-18(15-7-2-1-3-8-15)13-20-17-11-10-14-6-4-5-9-16(14)12-17/h1-12H,13H2. The lowest BCUT2D eigenvalue weighted by Crippen LogP contribution is -2.01. The first-order valence-corrected chi connectivity index (χ1v) is 7.51. The quantitative estimate of drug-likeness (QED) is 0.503. The van der Waals surface area contributed by atoms with Gasteiger partial charge in [0.15, 0.2) is 5.78 Å². The zero-order chi connectivity index (χ0) is 13.8. The van der Waals surface area contributed by atoms with Gasteiger partial charge < -0.3 is 0 Å². The molecule has 3 aromatic rings. The molecule has 0 N–H and O–H groups in total. The van der Waals surface area contributed by atoms with E-state index in [4.69, 9.17) is 0 Å². The van der Waals surface area contributed by atoms with E-state index >= 15 is 0 Å². The molecule has 0 bridgehead atoms. The van der Waals surface area contributed by atoms with E-state index in [2.05, 4.69) is 30.3 Å². The topological polar surface area (TPSA) is 17.1 Å². The van der Waals surface area contributed by atoms with E-state index in [0.717, 1.165) is 10.5 Å². The fraction of sp³-hybridized carbons (Fsp3) is 0.0556. The van der Waals surface area contributed by atoms with E-state index in [9.17, 15) is 4.79 Å². The average molecular weight is 278 g/mol. The monoisotopic (exact) mass is 278 g/mol. The van der Waals surface area contributed by atoms with Crippen molar-refractivity contribution in [3.05, 3.63) is 78.4 Å². The Morgan fingerprint density at radius 2 is 1.50 bits per heavy atom. The van der Waals surface area contributed by atoms with Gasteiger partial charge in [-0.25, -0.2) is 0 Å². The molecule has 98 valence electrons. The van der Waals surface area contributed by atoms with E-state index in [-0.39, 0.29) is 5.78 Å². The molecule has 0 fully saturated rings. The third-order valence-electron chi connectivity index (χ3n) is 3.19. The summed E-state index contributed by atoms with van der Waals surface area (Å²) in [7, 11) is 0. The lowest BCUT2D eigenvalue weighted by atomic mass is 10.1. The summed E-state index contributed by atoms with van der Waals surface area (Å²) in [4.78, 5) is 13.2. The lowest BCUT2D eigenvalue weighted by molar-refractivity contribution is 0.102. The van der Waals surface area contributed by atoms with Crippen LogP contribution < -0.4 is 0 Å². The molecule has 0 atom stereocenters. The number of hydrogen-bond acceptors (Lipinski definition) is 2.